The monoisotopic (exact) mass is 386 g/mol. The number of hydrogen-bond acceptors (Lipinski definition) is 4. The van der Waals surface area contributed by atoms with Gasteiger partial charge in [0.1, 0.15) is 16.5 Å². The van der Waals surface area contributed by atoms with Crippen LogP contribution in [0.5, 0.6) is 0 Å². The number of sulfonamides is 1. The number of anilines is 1. The van der Waals surface area contributed by atoms with Gasteiger partial charge in [-0.3, -0.25) is 4.72 Å². The van der Waals surface area contributed by atoms with Crippen LogP contribution in [0, 0.1) is 5.82 Å². The van der Waals surface area contributed by atoms with Crippen LogP contribution >= 0.6 is 0 Å². The molecule has 0 amide bonds. The maximum Gasteiger partial charge on any atom is 0.416 e. The number of nitrogens with one attached hydrogen (secondary N) is 1. The predicted molar refractivity (Wildman–Crippen MR) is 83.6 cm³/mol. The zero-order chi connectivity index (χ0) is 18.9. The molecule has 0 atom stereocenters. The molecule has 136 valence electrons. The van der Waals surface area contributed by atoms with Crippen molar-refractivity contribution < 1.29 is 26.0 Å². The van der Waals surface area contributed by atoms with Gasteiger partial charge in [-0.2, -0.15) is 23.0 Å². The highest BCUT2D eigenvalue weighted by Crippen LogP contribution is 2.31. The number of hydrogen-bond donors (Lipinski definition) is 1. The Balaban J connectivity index is 1.95. The van der Waals surface area contributed by atoms with Crippen molar-refractivity contribution >= 4 is 15.8 Å². The maximum absolute atomic E-state index is 14.0. The van der Waals surface area contributed by atoms with Gasteiger partial charge in [0, 0.05) is 12.3 Å². The molecule has 11 heteroatoms. The van der Waals surface area contributed by atoms with Gasteiger partial charge in [-0.15, -0.1) is 0 Å². The molecule has 0 unspecified atom stereocenters. The fourth-order valence-corrected chi connectivity index (χ4v) is 3.23. The van der Waals surface area contributed by atoms with E-state index < -0.39 is 32.5 Å². The lowest BCUT2D eigenvalue weighted by Gasteiger charge is -2.12. The number of pyridine rings is 1. The van der Waals surface area contributed by atoms with Crippen molar-refractivity contribution in [2.45, 2.75) is 11.1 Å². The lowest BCUT2D eigenvalue weighted by molar-refractivity contribution is -0.137. The lowest BCUT2D eigenvalue weighted by Crippen LogP contribution is -2.18. The van der Waals surface area contributed by atoms with Gasteiger partial charge in [-0.1, -0.05) is 6.07 Å². The smallest absolute Gasteiger partial charge is 0.263 e. The highest BCUT2D eigenvalue weighted by Gasteiger charge is 2.32. The van der Waals surface area contributed by atoms with Gasteiger partial charge < -0.3 is 0 Å². The van der Waals surface area contributed by atoms with Crippen LogP contribution in [0.4, 0.5) is 23.4 Å². The molecule has 0 spiro atoms. The Morgan fingerprint density at radius 2 is 1.81 bits per heavy atom. The second kappa shape index (κ2) is 6.41. The van der Waals surface area contributed by atoms with E-state index >= 15 is 0 Å². The van der Waals surface area contributed by atoms with E-state index in [0.29, 0.717) is 18.0 Å². The molecule has 1 aromatic carbocycles. The summed E-state index contributed by atoms with van der Waals surface area (Å²) in [5, 5.41) is 3.92. The van der Waals surface area contributed by atoms with Gasteiger partial charge >= 0.3 is 6.18 Å². The fourth-order valence-electron chi connectivity index (χ4n) is 2.13. The standard InChI is InChI=1S/C15H10F4N4O2S/c16-11-9-10(15(17,18)19)4-5-12(11)26(24,25)22-14-6-8-21-23(14)13-3-1-2-7-20-13/h1-9,22H. The first kappa shape index (κ1) is 17.9. The number of alkyl halides is 3. The van der Waals surface area contributed by atoms with Crippen molar-refractivity contribution in [1.29, 1.82) is 0 Å². The number of benzene rings is 1. The van der Waals surface area contributed by atoms with Gasteiger partial charge in [0.15, 0.2) is 5.82 Å². The minimum absolute atomic E-state index is 0.0528. The van der Waals surface area contributed by atoms with Crippen molar-refractivity contribution in [2.75, 3.05) is 4.72 Å². The molecule has 0 radical (unpaired) electrons. The zero-order valence-corrected chi connectivity index (χ0v) is 13.6. The number of halogens is 4. The summed E-state index contributed by atoms with van der Waals surface area (Å²) in [7, 11) is -4.49. The quantitative estimate of drug-likeness (QED) is 0.699. The summed E-state index contributed by atoms with van der Waals surface area (Å²) in [6, 6.07) is 7.34. The van der Waals surface area contributed by atoms with Crippen molar-refractivity contribution in [3.05, 3.63) is 66.2 Å². The minimum Gasteiger partial charge on any atom is -0.263 e. The van der Waals surface area contributed by atoms with Gasteiger partial charge in [-0.05, 0) is 30.3 Å². The SMILES string of the molecule is O=S(=O)(Nc1ccnn1-c1ccccn1)c1ccc(C(F)(F)F)cc1F. The molecule has 1 N–H and O–H groups in total. The average molecular weight is 386 g/mol. The van der Waals surface area contributed by atoms with E-state index in [2.05, 4.69) is 14.8 Å². The van der Waals surface area contributed by atoms with Crippen LogP contribution in [-0.4, -0.2) is 23.2 Å². The molecule has 2 heterocycles. The molecule has 0 aliphatic rings. The number of rotatable bonds is 4. The molecule has 0 saturated heterocycles. The third-order valence-corrected chi connectivity index (χ3v) is 4.68. The number of aromatic nitrogens is 3. The van der Waals surface area contributed by atoms with E-state index in [1.54, 1.807) is 18.2 Å². The first-order valence-corrected chi connectivity index (χ1v) is 8.52. The second-order valence-electron chi connectivity index (χ2n) is 5.06. The van der Waals surface area contributed by atoms with Crippen molar-refractivity contribution in [2.24, 2.45) is 0 Å². The summed E-state index contributed by atoms with van der Waals surface area (Å²) in [5.74, 6) is -1.28. The van der Waals surface area contributed by atoms with Crippen LogP contribution in [0.3, 0.4) is 0 Å². The molecular weight excluding hydrogens is 376 g/mol. The Hall–Kier alpha value is -2.95. The topological polar surface area (TPSA) is 76.9 Å². The van der Waals surface area contributed by atoms with Crippen molar-refractivity contribution in [3.63, 3.8) is 0 Å². The molecule has 26 heavy (non-hydrogen) atoms. The van der Waals surface area contributed by atoms with E-state index in [4.69, 9.17) is 0 Å². The molecule has 0 aliphatic heterocycles. The van der Waals surface area contributed by atoms with E-state index in [9.17, 15) is 26.0 Å². The molecule has 3 aromatic rings. The molecular formula is C15H10F4N4O2S. The van der Waals surface area contributed by atoms with Gasteiger partial charge in [0.25, 0.3) is 10.0 Å². The van der Waals surface area contributed by atoms with Crippen LogP contribution in [0.25, 0.3) is 5.82 Å². The highest BCUT2D eigenvalue weighted by molar-refractivity contribution is 7.92. The van der Waals surface area contributed by atoms with E-state index in [0.717, 1.165) is 4.68 Å². The molecule has 0 saturated carbocycles. The van der Waals surface area contributed by atoms with Crippen LogP contribution < -0.4 is 4.72 Å². The first-order chi connectivity index (χ1) is 12.2. The summed E-state index contributed by atoms with van der Waals surface area (Å²) in [6.45, 7) is 0. The molecule has 0 aliphatic carbocycles. The Labute approximate surface area is 145 Å². The Morgan fingerprint density at radius 3 is 2.42 bits per heavy atom. The van der Waals surface area contributed by atoms with E-state index in [1.807, 2.05) is 0 Å². The summed E-state index contributed by atoms with van der Waals surface area (Å²) < 4.78 is 79.7. The zero-order valence-electron chi connectivity index (χ0n) is 12.8. The number of nitrogens with zero attached hydrogens (tertiary/aromatic N) is 3. The largest absolute Gasteiger partial charge is 0.416 e. The normalized spacial score (nSPS) is 12.2. The van der Waals surface area contributed by atoms with E-state index in [-0.39, 0.29) is 11.9 Å². The first-order valence-electron chi connectivity index (χ1n) is 7.03. The van der Waals surface area contributed by atoms with E-state index in [1.165, 1.54) is 18.5 Å². The maximum atomic E-state index is 14.0. The Kier molecular flexibility index (Phi) is 4.40. The van der Waals surface area contributed by atoms with Crippen LogP contribution in [-0.2, 0) is 16.2 Å². The van der Waals surface area contributed by atoms with Crippen LogP contribution in [0.2, 0.25) is 0 Å². The van der Waals surface area contributed by atoms with Gasteiger partial charge in [0.2, 0.25) is 0 Å². The van der Waals surface area contributed by atoms with Crippen molar-refractivity contribution in [1.82, 2.24) is 14.8 Å². The molecule has 0 fully saturated rings. The average Bonchev–Trinajstić information content (AvgIpc) is 3.02. The van der Waals surface area contributed by atoms with Gasteiger partial charge in [-0.25, -0.2) is 17.8 Å². The molecule has 0 bridgehead atoms. The third kappa shape index (κ3) is 3.52. The van der Waals surface area contributed by atoms with Gasteiger partial charge in [0.05, 0.1) is 11.8 Å². The summed E-state index contributed by atoms with van der Waals surface area (Å²) in [6.07, 6.45) is -2.03. The highest BCUT2D eigenvalue weighted by atomic mass is 32.2. The van der Waals surface area contributed by atoms with Crippen LogP contribution in [0.15, 0.2) is 59.8 Å². The van der Waals surface area contributed by atoms with Crippen molar-refractivity contribution in [3.8, 4) is 5.82 Å². The Bertz CT molecular complexity index is 1030. The third-order valence-electron chi connectivity index (χ3n) is 3.30. The second-order valence-corrected chi connectivity index (χ2v) is 6.72. The molecule has 6 nitrogen and oxygen atoms in total. The molecule has 3 rings (SSSR count). The molecule has 2 aromatic heterocycles. The minimum atomic E-state index is -4.78. The van der Waals surface area contributed by atoms with Crippen LogP contribution in [0.1, 0.15) is 5.56 Å². The summed E-state index contributed by atoms with van der Waals surface area (Å²) in [4.78, 5) is 3.09. The lowest BCUT2D eigenvalue weighted by atomic mass is 10.2. The summed E-state index contributed by atoms with van der Waals surface area (Å²) >= 11 is 0. The summed E-state index contributed by atoms with van der Waals surface area (Å²) in [5.41, 5.74) is -1.28. The fraction of sp³-hybridized carbons (Fsp3) is 0.0667. The predicted octanol–water partition coefficient (Wildman–Crippen LogP) is 3.23. The Morgan fingerprint density at radius 1 is 1.04 bits per heavy atom.